The standard InChI is InChI=1S/C26H23Cl2NO3/c1-16(2)17-10-12-18(13-11-17)24(30)14-26(32)20-6-3-4-9-23(20)29(25(26)31)15-19-21(27)7-5-8-22(19)28/h3-13,16,32H,14-15H2,1-2H3. The Hall–Kier alpha value is -2.66. The number of anilines is 1. The largest absolute Gasteiger partial charge is 0.375 e. The van der Waals surface area contributed by atoms with Crippen molar-refractivity contribution in [1.82, 2.24) is 0 Å². The van der Waals surface area contributed by atoms with E-state index in [9.17, 15) is 14.7 Å². The lowest BCUT2D eigenvalue weighted by Crippen LogP contribution is -2.41. The predicted octanol–water partition coefficient (Wildman–Crippen LogP) is 6.12. The zero-order valence-corrected chi connectivity index (χ0v) is 19.3. The summed E-state index contributed by atoms with van der Waals surface area (Å²) in [6, 6.07) is 19.4. The molecule has 6 heteroatoms. The van der Waals surface area contributed by atoms with E-state index in [0.717, 1.165) is 5.56 Å². The molecule has 1 heterocycles. The lowest BCUT2D eigenvalue weighted by atomic mass is 9.87. The maximum Gasteiger partial charge on any atom is 0.264 e. The van der Waals surface area contributed by atoms with Gasteiger partial charge in [-0.2, -0.15) is 0 Å². The Balaban J connectivity index is 1.66. The zero-order valence-electron chi connectivity index (χ0n) is 17.8. The minimum absolute atomic E-state index is 0.0912. The number of amides is 1. The van der Waals surface area contributed by atoms with Crippen LogP contribution in [0.5, 0.6) is 0 Å². The number of para-hydroxylation sites is 1. The van der Waals surface area contributed by atoms with Gasteiger partial charge >= 0.3 is 0 Å². The van der Waals surface area contributed by atoms with Crippen molar-refractivity contribution in [2.45, 2.75) is 38.3 Å². The number of Topliss-reactive ketones (excluding diaryl/α,β-unsaturated/α-hetero) is 1. The average molecular weight is 468 g/mol. The first-order valence-electron chi connectivity index (χ1n) is 10.4. The molecule has 3 aromatic rings. The van der Waals surface area contributed by atoms with Crippen molar-refractivity contribution in [3.8, 4) is 0 Å². The van der Waals surface area contributed by atoms with Crippen LogP contribution in [0.15, 0.2) is 66.7 Å². The monoisotopic (exact) mass is 467 g/mol. The highest BCUT2D eigenvalue weighted by molar-refractivity contribution is 6.36. The molecule has 4 nitrogen and oxygen atoms in total. The van der Waals surface area contributed by atoms with Crippen LogP contribution in [0.2, 0.25) is 10.0 Å². The van der Waals surface area contributed by atoms with Gasteiger partial charge in [-0.3, -0.25) is 9.59 Å². The van der Waals surface area contributed by atoms with Crippen LogP contribution >= 0.6 is 23.2 Å². The van der Waals surface area contributed by atoms with E-state index < -0.39 is 11.5 Å². The van der Waals surface area contributed by atoms with Crippen molar-refractivity contribution in [3.63, 3.8) is 0 Å². The topological polar surface area (TPSA) is 57.6 Å². The van der Waals surface area contributed by atoms with E-state index in [0.29, 0.717) is 38.3 Å². The van der Waals surface area contributed by atoms with Gasteiger partial charge in [0.15, 0.2) is 11.4 Å². The smallest absolute Gasteiger partial charge is 0.264 e. The summed E-state index contributed by atoms with van der Waals surface area (Å²) in [6.45, 7) is 4.24. The number of nitrogens with zero attached hydrogens (tertiary/aromatic N) is 1. The first kappa shape index (κ1) is 22.5. The molecule has 0 aliphatic carbocycles. The molecule has 0 saturated heterocycles. The lowest BCUT2D eigenvalue weighted by molar-refractivity contribution is -0.136. The van der Waals surface area contributed by atoms with Gasteiger partial charge in [0.05, 0.1) is 18.7 Å². The quantitative estimate of drug-likeness (QED) is 0.443. The average Bonchev–Trinajstić information content (AvgIpc) is 2.98. The number of halogens is 2. The molecule has 0 spiro atoms. The van der Waals surface area contributed by atoms with Crippen LogP contribution in [0.3, 0.4) is 0 Å². The van der Waals surface area contributed by atoms with Crippen molar-refractivity contribution >= 4 is 40.6 Å². The fourth-order valence-corrected chi connectivity index (χ4v) is 4.58. The summed E-state index contributed by atoms with van der Waals surface area (Å²) < 4.78 is 0. The predicted molar refractivity (Wildman–Crippen MR) is 127 cm³/mol. The van der Waals surface area contributed by atoms with Gasteiger partial charge in [0.1, 0.15) is 0 Å². The molecule has 32 heavy (non-hydrogen) atoms. The molecule has 0 radical (unpaired) electrons. The maximum absolute atomic E-state index is 13.5. The molecule has 1 atom stereocenters. The highest BCUT2D eigenvalue weighted by atomic mass is 35.5. The third-order valence-electron chi connectivity index (χ3n) is 5.93. The van der Waals surface area contributed by atoms with E-state index in [-0.39, 0.29) is 18.7 Å². The van der Waals surface area contributed by atoms with Crippen LogP contribution in [0.1, 0.15) is 53.2 Å². The molecule has 1 unspecified atom stereocenters. The molecule has 3 aromatic carbocycles. The summed E-state index contributed by atoms with van der Waals surface area (Å²) >= 11 is 12.6. The second-order valence-corrected chi connectivity index (χ2v) is 9.16. The third kappa shape index (κ3) is 3.95. The first-order valence-corrected chi connectivity index (χ1v) is 11.2. The van der Waals surface area contributed by atoms with Crippen LogP contribution < -0.4 is 4.90 Å². The van der Waals surface area contributed by atoms with E-state index in [4.69, 9.17) is 23.2 Å². The summed E-state index contributed by atoms with van der Waals surface area (Å²) in [5.74, 6) is -0.526. The summed E-state index contributed by atoms with van der Waals surface area (Å²) in [5, 5.41) is 12.4. The number of hydrogen-bond acceptors (Lipinski definition) is 3. The van der Waals surface area contributed by atoms with Crippen LogP contribution in [0, 0.1) is 0 Å². The van der Waals surface area contributed by atoms with Crippen molar-refractivity contribution < 1.29 is 14.7 Å². The Morgan fingerprint density at radius 2 is 1.59 bits per heavy atom. The van der Waals surface area contributed by atoms with Gasteiger partial charge in [-0.15, -0.1) is 0 Å². The SMILES string of the molecule is CC(C)c1ccc(C(=O)CC2(O)C(=O)N(Cc3c(Cl)cccc3Cl)c3ccccc32)cc1. The molecule has 0 saturated carbocycles. The summed E-state index contributed by atoms with van der Waals surface area (Å²) in [4.78, 5) is 27.9. The number of carbonyl (C=O) groups is 2. The van der Waals surface area contributed by atoms with Gasteiger partial charge in [-0.05, 0) is 29.7 Å². The zero-order chi connectivity index (χ0) is 23.0. The normalized spacial score (nSPS) is 17.7. The van der Waals surface area contributed by atoms with Crippen molar-refractivity contribution in [2.75, 3.05) is 4.90 Å². The third-order valence-corrected chi connectivity index (χ3v) is 6.64. The van der Waals surface area contributed by atoms with E-state index in [1.165, 1.54) is 4.90 Å². The van der Waals surface area contributed by atoms with Gasteiger partial charge in [-0.1, -0.05) is 85.6 Å². The Kier molecular flexibility index (Phi) is 6.13. The van der Waals surface area contributed by atoms with E-state index in [1.807, 2.05) is 12.1 Å². The molecular weight excluding hydrogens is 445 g/mol. The fraction of sp³-hybridized carbons (Fsp3) is 0.231. The Bertz CT molecular complexity index is 1170. The van der Waals surface area contributed by atoms with E-state index in [1.54, 1.807) is 54.6 Å². The summed E-state index contributed by atoms with van der Waals surface area (Å²) in [6.07, 6.45) is -0.351. The molecular formula is C26H23Cl2NO3. The number of benzene rings is 3. The molecule has 1 aliphatic heterocycles. The van der Waals surface area contributed by atoms with Crippen molar-refractivity contribution in [1.29, 1.82) is 0 Å². The minimum Gasteiger partial charge on any atom is -0.375 e. The molecule has 0 fully saturated rings. The molecule has 1 amide bonds. The number of carbonyl (C=O) groups excluding carboxylic acids is 2. The summed E-state index contributed by atoms with van der Waals surface area (Å²) in [5.41, 5.74) is 1.14. The van der Waals surface area contributed by atoms with Gasteiger partial charge in [-0.25, -0.2) is 0 Å². The number of fused-ring (bicyclic) bond motifs is 1. The van der Waals surface area contributed by atoms with Crippen LogP contribution in [-0.4, -0.2) is 16.8 Å². The number of hydrogen-bond donors (Lipinski definition) is 1. The molecule has 4 rings (SSSR count). The van der Waals surface area contributed by atoms with Crippen LogP contribution in [-0.2, 0) is 16.9 Å². The summed E-state index contributed by atoms with van der Waals surface area (Å²) in [7, 11) is 0. The Labute approximate surface area is 197 Å². The molecule has 0 bridgehead atoms. The van der Waals surface area contributed by atoms with Crippen molar-refractivity contribution in [3.05, 3.63) is 99.0 Å². The van der Waals surface area contributed by atoms with Gasteiger partial charge in [0.2, 0.25) is 0 Å². The van der Waals surface area contributed by atoms with Gasteiger partial charge < -0.3 is 10.0 Å². The lowest BCUT2D eigenvalue weighted by Gasteiger charge is -2.23. The van der Waals surface area contributed by atoms with Crippen molar-refractivity contribution in [2.24, 2.45) is 0 Å². The first-order chi connectivity index (χ1) is 15.2. The highest BCUT2D eigenvalue weighted by Gasteiger charge is 2.50. The number of aliphatic hydroxyl groups is 1. The molecule has 1 N–H and O–H groups in total. The van der Waals surface area contributed by atoms with Crippen LogP contribution in [0.25, 0.3) is 0 Å². The Morgan fingerprint density at radius 1 is 0.969 bits per heavy atom. The van der Waals surface area contributed by atoms with Gasteiger partial charge in [0.25, 0.3) is 5.91 Å². The second kappa shape index (κ2) is 8.70. The number of rotatable bonds is 6. The molecule has 1 aliphatic rings. The second-order valence-electron chi connectivity index (χ2n) is 8.35. The van der Waals surface area contributed by atoms with E-state index in [2.05, 4.69) is 13.8 Å². The van der Waals surface area contributed by atoms with Gasteiger partial charge in [0, 0.05) is 26.7 Å². The molecule has 164 valence electrons. The maximum atomic E-state index is 13.5. The molecule has 0 aromatic heterocycles. The highest BCUT2D eigenvalue weighted by Crippen LogP contribution is 2.44. The minimum atomic E-state index is -1.96. The van der Waals surface area contributed by atoms with E-state index >= 15 is 0 Å². The van der Waals surface area contributed by atoms with Crippen LogP contribution in [0.4, 0.5) is 5.69 Å². The fourth-order valence-electron chi connectivity index (χ4n) is 4.06. The number of ketones is 1. The Morgan fingerprint density at radius 3 is 2.22 bits per heavy atom.